The van der Waals surface area contributed by atoms with Crippen LogP contribution in [-0.4, -0.2) is 36.0 Å². The minimum atomic E-state index is -0.796. The molecule has 0 fully saturated rings. The summed E-state index contributed by atoms with van der Waals surface area (Å²) in [7, 11) is 1.53. The summed E-state index contributed by atoms with van der Waals surface area (Å²) in [6.45, 7) is 2.21. The van der Waals surface area contributed by atoms with Crippen LogP contribution in [0, 0.1) is 6.92 Å². The van der Waals surface area contributed by atoms with Crippen molar-refractivity contribution in [2.75, 3.05) is 20.3 Å². The fraction of sp³-hybridized carbons (Fsp3) is 0.316. The molecule has 1 N–H and O–H groups in total. The number of hydrogen-bond acceptors (Lipinski definition) is 5. The van der Waals surface area contributed by atoms with E-state index in [1.54, 1.807) is 6.92 Å². The predicted octanol–water partition coefficient (Wildman–Crippen LogP) is 1.88. The monoisotopic (exact) mass is 392 g/mol. The molecule has 2 aromatic rings. The number of carbonyl (C=O) groups is 2. The number of carbonyl (C=O) groups excluding carboxylic acids is 2. The summed E-state index contributed by atoms with van der Waals surface area (Å²) in [6.07, 6.45) is 0. The Morgan fingerprint density at radius 1 is 1.22 bits per heavy atom. The minimum Gasteiger partial charge on any atom is -0.482 e. The van der Waals surface area contributed by atoms with Crippen molar-refractivity contribution in [2.24, 2.45) is 0 Å². The van der Waals surface area contributed by atoms with Crippen molar-refractivity contribution in [1.29, 1.82) is 0 Å². The van der Waals surface area contributed by atoms with Crippen molar-refractivity contribution < 1.29 is 19.1 Å². The van der Waals surface area contributed by atoms with Crippen LogP contribution in [0.4, 0.5) is 0 Å². The van der Waals surface area contributed by atoms with Crippen molar-refractivity contribution >= 4 is 22.8 Å². The van der Waals surface area contributed by atoms with Gasteiger partial charge in [0.05, 0.1) is 12.2 Å². The van der Waals surface area contributed by atoms with Gasteiger partial charge in [0.1, 0.15) is 13.2 Å². The number of halogens is 1. The van der Waals surface area contributed by atoms with Crippen molar-refractivity contribution in [3.63, 3.8) is 0 Å². The number of methoxy groups -OCH3 is 1. The summed E-state index contributed by atoms with van der Waals surface area (Å²) in [5.41, 5.74) is 0.648. The number of amides is 1. The molecular weight excluding hydrogens is 372 g/mol. The Hall–Kier alpha value is -2.64. The van der Waals surface area contributed by atoms with Crippen LogP contribution in [0.15, 0.2) is 41.2 Å². The number of benzene rings is 1. The lowest BCUT2D eigenvalue weighted by molar-refractivity contribution is -0.121. The van der Waals surface area contributed by atoms with Gasteiger partial charge in [0.15, 0.2) is 5.75 Å². The first-order valence-electron chi connectivity index (χ1n) is 8.30. The topological polar surface area (TPSA) is 86.6 Å². The summed E-state index contributed by atoms with van der Waals surface area (Å²) >= 11 is 5.62. The van der Waals surface area contributed by atoms with Gasteiger partial charge in [-0.3, -0.25) is 14.4 Å². The van der Waals surface area contributed by atoms with Gasteiger partial charge in [-0.05, 0) is 30.2 Å². The number of aromatic nitrogens is 1. The van der Waals surface area contributed by atoms with Crippen molar-refractivity contribution in [3.8, 4) is 5.75 Å². The summed E-state index contributed by atoms with van der Waals surface area (Å²) < 4.78 is 11.7. The van der Waals surface area contributed by atoms with Gasteiger partial charge in [-0.2, -0.15) is 0 Å². The molecule has 27 heavy (non-hydrogen) atoms. The molecule has 0 unspecified atom stereocenters. The molecule has 0 aliphatic heterocycles. The van der Waals surface area contributed by atoms with Crippen molar-refractivity contribution in [2.45, 2.75) is 20.1 Å². The fourth-order valence-electron chi connectivity index (χ4n) is 2.45. The van der Waals surface area contributed by atoms with E-state index in [2.05, 4.69) is 5.32 Å². The van der Waals surface area contributed by atoms with Gasteiger partial charge in [0.25, 0.3) is 10.8 Å². The van der Waals surface area contributed by atoms with E-state index >= 15 is 0 Å². The first kappa shape index (κ1) is 20.7. The fourth-order valence-corrected chi connectivity index (χ4v) is 2.59. The number of aryl methyl sites for hydroxylation is 1. The first-order valence-corrected chi connectivity index (χ1v) is 8.68. The number of hydrogen-bond donors (Lipinski definition) is 1. The number of pyridine rings is 1. The Labute approximate surface area is 161 Å². The van der Waals surface area contributed by atoms with Crippen LogP contribution in [0.25, 0.3) is 0 Å². The maximum absolute atomic E-state index is 12.8. The highest BCUT2D eigenvalue weighted by Crippen LogP contribution is 2.19. The SMILES string of the molecule is COCCNC(=O)Cn1c(C)cc(C(=O)Cl)c(OCc2ccccc2)c1=O. The molecule has 7 nitrogen and oxygen atoms in total. The van der Waals surface area contributed by atoms with Crippen LogP contribution in [0.3, 0.4) is 0 Å². The molecule has 0 radical (unpaired) electrons. The zero-order chi connectivity index (χ0) is 19.8. The van der Waals surface area contributed by atoms with E-state index in [9.17, 15) is 14.4 Å². The van der Waals surface area contributed by atoms with Crippen molar-refractivity contribution in [1.82, 2.24) is 9.88 Å². The van der Waals surface area contributed by atoms with E-state index < -0.39 is 10.8 Å². The van der Waals surface area contributed by atoms with Gasteiger partial charge in [0.2, 0.25) is 5.91 Å². The van der Waals surface area contributed by atoms with Crippen LogP contribution >= 0.6 is 11.6 Å². The van der Waals surface area contributed by atoms with Gasteiger partial charge in [-0.1, -0.05) is 30.3 Å². The third-order valence-corrected chi connectivity index (χ3v) is 4.03. The first-order chi connectivity index (χ1) is 12.9. The summed E-state index contributed by atoms with van der Waals surface area (Å²) in [5.74, 6) is -0.523. The molecule has 144 valence electrons. The third-order valence-electron chi connectivity index (χ3n) is 3.83. The highest BCUT2D eigenvalue weighted by atomic mass is 35.5. The molecule has 1 aromatic heterocycles. The average molecular weight is 393 g/mol. The van der Waals surface area contributed by atoms with Crippen LogP contribution in [0.1, 0.15) is 21.6 Å². The highest BCUT2D eigenvalue weighted by Gasteiger charge is 2.20. The maximum Gasteiger partial charge on any atom is 0.294 e. The van der Waals surface area contributed by atoms with Crippen LogP contribution in [0.2, 0.25) is 0 Å². The van der Waals surface area contributed by atoms with E-state index in [0.717, 1.165) is 5.56 Å². The second-order valence-corrected chi connectivity index (χ2v) is 6.15. The van der Waals surface area contributed by atoms with Gasteiger partial charge in [-0.25, -0.2) is 0 Å². The molecule has 0 bridgehead atoms. The van der Waals surface area contributed by atoms with Crippen LogP contribution in [-0.2, 0) is 22.7 Å². The lowest BCUT2D eigenvalue weighted by atomic mass is 10.2. The van der Waals surface area contributed by atoms with Gasteiger partial charge >= 0.3 is 0 Å². The van der Waals surface area contributed by atoms with Gasteiger partial charge in [-0.15, -0.1) is 0 Å². The average Bonchev–Trinajstić information content (AvgIpc) is 2.65. The number of nitrogens with zero attached hydrogens (tertiary/aromatic N) is 1. The van der Waals surface area contributed by atoms with E-state index in [-0.39, 0.29) is 30.4 Å². The van der Waals surface area contributed by atoms with E-state index in [1.807, 2.05) is 30.3 Å². The minimum absolute atomic E-state index is 0.0221. The molecule has 0 atom stereocenters. The lowest BCUT2D eigenvalue weighted by Crippen LogP contribution is -2.35. The molecule has 1 heterocycles. The summed E-state index contributed by atoms with van der Waals surface area (Å²) in [6, 6.07) is 10.6. The Morgan fingerprint density at radius 3 is 2.56 bits per heavy atom. The zero-order valence-corrected chi connectivity index (χ0v) is 15.9. The maximum atomic E-state index is 12.8. The van der Waals surface area contributed by atoms with Gasteiger partial charge < -0.3 is 19.4 Å². The molecule has 0 spiro atoms. The standard InChI is InChI=1S/C19H21ClN2O5/c1-13-10-15(18(20)24)17(27-12-14-6-4-3-5-7-14)19(25)22(13)11-16(23)21-8-9-26-2/h3-7,10H,8-9,11-12H2,1-2H3,(H,21,23). The second kappa shape index (κ2) is 9.89. The molecule has 8 heteroatoms. The molecule has 0 aliphatic rings. The third kappa shape index (κ3) is 5.67. The second-order valence-electron chi connectivity index (χ2n) is 5.81. The Kier molecular flexibility index (Phi) is 7.57. The number of ether oxygens (including phenoxy) is 2. The summed E-state index contributed by atoms with van der Waals surface area (Å²) in [5, 5.41) is 1.85. The molecule has 1 aromatic carbocycles. The quantitative estimate of drug-likeness (QED) is 0.520. The predicted molar refractivity (Wildman–Crippen MR) is 101 cm³/mol. The molecule has 0 aliphatic carbocycles. The van der Waals surface area contributed by atoms with Crippen LogP contribution < -0.4 is 15.6 Å². The van der Waals surface area contributed by atoms with E-state index in [0.29, 0.717) is 18.8 Å². The Balaban J connectivity index is 2.29. The largest absolute Gasteiger partial charge is 0.482 e. The van der Waals surface area contributed by atoms with E-state index in [1.165, 1.54) is 17.7 Å². The Bertz CT molecular complexity index is 864. The molecule has 2 rings (SSSR count). The number of nitrogens with one attached hydrogen (secondary N) is 1. The number of rotatable bonds is 9. The molecule has 1 amide bonds. The van der Waals surface area contributed by atoms with Gasteiger partial charge in [0, 0.05) is 19.3 Å². The van der Waals surface area contributed by atoms with Crippen molar-refractivity contribution in [3.05, 3.63) is 63.6 Å². The molecular formula is C19H21ClN2O5. The Morgan fingerprint density at radius 2 is 1.93 bits per heavy atom. The summed E-state index contributed by atoms with van der Waals surface area (Å²) in [4.78, 5) is 36.6. The highest BCUT2D eigenvalue weighted by molar-refractivity contribution is 6.68. The molecule has 0 saturated carbocycles. The lowest BCUT2D eigenvalue weighted by Gasteiger charge is -2.15. The smallest absolute Gasteiger partial charge is 0.294 e. The molecule has 0 saturated heterocycles. The zero-order valence-electron chi connectivity index (χ0n) is 15.2. The van der Waals surface area contributed by atoms with E-state index in [4.69, 9.17) is 21.1 Å². The normalized spacial score (nSPS) is 10.5. The van der Waals surface area contributed by atoms with Crippen LogP contribution in [0.5, 0.6) is 5.75 Å².